The summed E-state index contributed by atoms with van der Waals surface area (Å²) in [5.41, 5.74) is 14.6. The highest BCUT2D eigenvalue weighted by Crippen LogP contribution is 2.43. The van der Waals surface area contributed by atoms with Crippen molar-refractivity contribution in [3.8, 4) is 28.0 Å². The zero-order valence-electron chi connectivity index (χ0n) is 12.5. The molecule has 2 nitrogen and oxygen atoms in total. The van der Waals surface area contributed by atoms with Gasteiger partial charge in [-0.3, -0.25) is 0 Å². The molecule has 0 unspecified atom stereocenters. The molecular formula is C20H17NO. The van der Waals surface area contributed by atoms with E-state index in [1.807, 2.05) is 12.1 Å². The summed E-state index contributed by atoms with van der Waals surface area (Å²) in [6, 6.07) is 21.0. The fourth-order valence-electron chi connectivity index (χ4n) is 3.37. The standard InChI is InChI=1S/C20H17NO/c1-22-19-11-5-10-17(20(19)21)16-9-4-8-15-14-7-3-2-6-13(14)12-18(15)16/h2-11H,12,21H2,1H3. The van der Waals surface area contributed by atoms with E-state index >= 15 is 0 Å². The number of para-hydroxylation sites is 1. The third-order valence-electron chi connectivity index (χ3n) is 4.43. The van der Waals surface area contributed by atoms with Crippen LogP contribution in [0.5, 0.6) is 5.75 Å². The van der Waals surface area contributed by atoms with Crippen LogP contribution in [0, 0.1) is 0 Å². The number of fused-ring (bicyclic) bond motifs is 3. The molecule has 0 spiro atoms. The summed E-state index contributed by atoms with van der Waals surface area (Å²) >= 11 is 0. The van der Waals surface area contributed by atoms with Crippen LogP contribution in [0.4, 0.5) is 5.69 Å². The van der Waals surface area contributed by atoms with Crippen LogP contribution in [-0.2, 0) is 6.42 Å². The van der Waals surface area contributed by atoms with E-state index in [-0.39, 0.29) is 0 Å². The van der Waals surface area contributed by atoms with Crippen molar-refractivity contribution < 1.29 is 4.74 Å². The van der Waals surface area contributed by atoms with E-state index in [4.69, 9.17) is 10.5 Å². The van der Waals surface area contributed by atoms with Crippen LogP contribution in [0.3, 0.4) is 0 Å². The lowest BCUT2D eigenvalue weighted by Crippen LogP contribution is -1.97. The summed E-state index contributed by atoms with van der Waals surface area (Å²) in [6.07, 6.45) is 0.957. The molecule has 108 valence electrons. The normalized spacial score (nSPS) is 11.9. The first-order valence-corrected chi connectivity index (χ1v) is 7.42. The minimum absolute atomic E-state index is 0.703. The van der Waals surface area contributed by atoms with Crippen LogP contribution in [0.2, 0.25) is 0 Å². The molecule has 1 aliphatic carbocycles. The molecule has 22 heavy (non-hydrogen) atoms. The van der Waals surface area contributed by atoms with Crippen LogP contribution >= 0.6 is 0 Å². The van der Waals surface area contributed by atoms with Crippen LogP contribution in [-0.4, -0.2) is 7.11 Å². The maximum absolute atomic E-state index is 6.30. The van der Waals surface area contributed by atoms with E-state index in [2.05, 4.69) is 48.5 Å². The molecule has 3 aromatic rings. The Bertz CT molecular complexity index is 867. The summed E-state index contributed by atoms with van der Waals surface area (Å²) in [5, 5.41) is 0. The van der Waals surface area contributed by atoms with Crippen molar-refractivity contribution in [3.63, 3.8) is 0 Å². The quantitative estimate of drug-likeness (QED) is 0.550. The smallest absolute Gasteiger partial charge is 0.142 e. The monoisotopic (exact) mass is 287 g/mol. The van der Waals surface area contributed by atoms with Crippen molar-refractivity contribution in [1.82, 2.24) is 0 Å². The Morgan fingerprint density at radius 2 is 1.41 bits per heavy atom. The molecule has 0 fully saturated rings. The largest absolute Gasteiger partial charge is 0.495 e. The number of methoxy groups -OCH3 is 1. The van der Waals surface area contributed by atoms with Crippen molar-refractivity contribution in [2.24, 2.45) is 0 Å². The van der Waals surface area contributed by atoms with Crippen molar-refractivity contribution in [1.29, 1.82) is 0 Å². The van der Waals surface area contributed by atoms with Gasteiger partial charge in [-0.15, -0.1) is 0 Å². The molecule has 4 rings (SSSR count). The van der Waals surface area contributed by atoms with Gasteiger partial charge in [0.2, 0.25) is 0 Å². The van der Waals surface area contributed by atoms with E-state index in [1.165, 1.54) is 27.8 Å². The average molecular weight is 287 g/mol. The first kappa shape index (κ1) is 13.0. The van der Waals surface area contributed by atoms with Gasteiger partial charge >= 0.3 is 0 Å². The van der Waals surface area contributed by atoms with Gasteiger partial charge in [-0.1, -0.05) is 54.6 Å². The number of benzene rings is 3. The topological polar surface area (TPSA) is 35.2 Å². The molecule has 2 N–H and O–H groups in total. The Morgan fingerprint density at radius 3 is 2.23 bits per heavy atom. The zero-order chi connectivity index (χ0) is 15.1. The van der Waals surface area contributed by atoms with Crippen LogP contribution in [0.1, 0.15) is 11.1 Å². The van der Waals surface area contributed by atoms with Crippen LogP contribution in [0.15, 0.2) is 60.7 Å². The number of anilines is 1. The van der Waals surface area contributed by atoms with Gasteiger partial charge in [0, 0.05) is 5.56 Å². The molecule has 0 heterocycles. The molecule has 0 saturated carbocycles. The molecule has 0 aromatic heterocycles. The third kappa shape index (κ3) is 1.81. The molecule has 0 atom stereocenters. The van der Waals surface area contributed by atoms with E-state index in [0.29, 0.717) is 5.69 Å². The third-order valence-corrected chi connectivity index (χ3v) is 4.43. The van der Waals surface area contributed by atoms with Gasteiger partial charge in [-0.2, -0.15) is 0 Å². The minimum Gasteiger partial charge on any atom is -0.495 e. The first-order valence-electron chi connectivity index (χ1n) is 7.42. The molecule has 2 heteroatoms. The molecule has 0 aliphatic heterocycles. The van der Waals surface area contributed by atoms with E-state index < -0.39 is 0 Å². The SMILES string of the molecule is COc1cccc(-c2cccc3c2Cc2ccccc2-3)c1N. The van der Waals surface area contributed by atoms with Gasteiger partial charge in [0.1, 0.15) is 5.75 Å². The fraction of sp³-hybridized carbons (Fsp3) is 0.100. The lowest BCUT2D eigenvalue weighted by atomic mass is 9.94. The average Bonchev–Trinajstić information content (AvgIpc) is 2.94. The number of hydrogen-bond acceptors (Lipinski definition) is 2. The van der Waals surface area contributed by atoms with Crippen molar-refractivity contribution in [2.45, 2.75) is 6.42 Å². The first-order chi connectivity index (χ1) is 10.8. The highest BCUT2D eigenvalue weighted by Gasteiger charge is 2.22. The lowest BCUT2D eigenvalue weighted by Gasteiger charge is -2.13. The molecule has 0 radical (unpaired) electrons. The summed E-state index contributed by atoms with van der Waals surface area (Å²) in [4.78, 5) is 0. The lowest BCUT2D eigenvalue weighted by molar-refractivity contribution is 0.417. The number of rotatable bonds is 2. The maximum atomic E-state index is 6.30. The highest BCUT2D eigenvalue weighted by molar-refractivity contribution is 5.89. The maximum Gasteiger partial charge on any atom is 0.142 e. The second kappa shape index (κ2) is 4.92. The Balaban J connectivity index is 1.94. The molecule has 1 aliphatic rings. The van der Waals surface area contributed by atoms with Gasteiger partial charge in [0.05, 0.1) is 12.8 Å². The number of ether oxygens (including phenoxy) is 1. The summed E-state index contributed by atoms with van der Waals surface area (Å²) in [5.74, 6) is 0.727. The second-order valence-electron chi connectivity index (χ2n) is 5.59. The summed E-state index contributed by atoms with van der Waals surface area (Å²) < 4.78 is 5.36. The number of nitrogens with two attached hydrogens (primary N) is 1. The Morgan fingerprint density at radius 1 is 0.773 bits per heavy atom. The predicted molar refractivity (Wildman–Crippen MR) is 91.1 cm³/mol. The van der Waals surface area contributed by atoms with Crippen molar-refractivity contribution in [2.75, 3.05) is 12.8 Å². The van der Waals surface area contributed by atoms with E-state index in [9.17, 15) is 0 Å². The Kier molecular flexibility index (Phi) is 2.90. The Hall–Kier alpha value is -2.74. The van der Waals surface area contributed by atoms with Crippen LogP contribution in [0.25, 0.3) is 22.3 Å². The van der Waals surface area contributed by atoms with E-state index in [0.717, 1.165) is 17.7 Å². The van der Waals surface area contributed by atoms with Gasteiger partial charge in [-0.05, 0) is 40.3 Å². The molecule has 3 aromatic carbocycles. The fourth-order valence-corrected chi connectivity index (χ4v) is 3.37. The van der Waals surface area contributed by atoms with Gasteiger partial charge in [0.25, 0.3) is 0 Å². The van der Waals surface area contributed by atoms with Crippen molar-refractivity contribution >= 4 is 5.69 Å². The molecule has 0 amide bonds. The van der Waals surface area contributed by atoms with Crippen molar-refractivity contribution in [3.05, 3.63) is 71.8 Å². The molecular weight excluding hydrogens is 270 g/mol. The van der Waals surface area contributed by atoms with Crippen LogP contribution < -0.4 is 10.5 Å². The van der Waals surface area contributed by atoms with Gasteiger partial charge in [0.15, 0.2) is 0 Å². The van der Waals surface area contributed by atoms with Gasteiger partial charge in [-0.25, -0.2) is 0 Å². The predicted octanol–water partition coefficient (Wildman–Crippen LogP) is 4.52. The number of hydrogen-bond donors (Lipinski definition) is 1. The molecule has 0 bridgehead atoms. The second-order valence-corrected chi connectivity index (χ2v) is 5.59. The zero-order valence-corrected chi connectivity index (χ0v) is 12.5. The highest BCUT2D eigenvalue weighted by atomic mass is 16.5. The summed E-state index contributed by atoms with van der Waals surface area (Å²) in [7, 11) is 1.65. The summed E-state index contributed by atoms with van der Waals surface area (Å²) in [6.45, 7) is 0. The minimum atomic E-state index is 0.703. The van der Waals surface area contributed by atoms with Gasteiger partial charge < -0.3 is 10.5 Å². The van der Waals surface area contributed by atoms with E-state index in [1.54, 1.807) is 7.11 Å². The Labute approximate surface area is 130 Å². The molecule has 0 saturated heterocycles. The number of nitrogen functional groups attached to an aromatic ring is 1.